The minimum absolute atomic E-state index is 0.304. The first-order chi connectivity index (χ1) is 12.4. The summed E-state index contributed by atoms with van der Waals surface area (Å²) in [6.07, 6.45) is 2.58. The second-order valence-corrected chi connectivity index (χ2v) is 9.11. The van der Waals surface area contributed by atoms with Crippen LogP contribution in [0.5, 0.6) is 0 Å². The summed E-state index contributed by atoms with van der Waals surface area (Å²) in [5.74, 6) is 0.388. The summed E-state index contributed by atoms with van der Waals surface area (Å²) in [5, 5.41) is 0. The Morgan fingerprint density at radius 1 is 0.923 bits per heavy atom. The van der Waals surface area contributed by atoms with Crippen LogP contribution in [0.2, 0.25) is 0 Å². The number of nitrogens with zero attached hydrogens (tertiary/aromatic N) is 1. The van der Waals surface area contributed by atoms with Gasteiger partial charge in [-0.05, 0) is 60.7 Å². The van der Waals surface area contributed by atoms with Crippen molar-refractivity contribution in [1.29, 1.82) is 0 Å². The lowest BCUT2D eigenvalue weighted by atomic mass is 10.0. The largest absolute Gasteiger partial charge is 0.299 e. The fourth-order valence-electron chi connectivity index (χ4n) is 3.26. The van der Waals surface area contributed by atoms with Gasteiger partial charge in [-0.25, -0.2) is 13.1 Å². The Labute approximate surface area is 157 Å². The molecule has 4 nitrogen and oxygen atoms in total. The van der Waals surface area contributed by atoms with Crippen molar-refractivity contribution in [3.8, 4) is 0 Å². The lowest BCUT2D eigenvalue weighted by Crippen LogP contribution is -2.23. The van der Waals surface area contributed by atoms with E-state index in [9.17, 15) is 8.42 Å². The van der Waals surface area contributed by atoms with Gasteiger partial charge >= 0.3 is 0 Å². The predicted molar refractivity (Wildman–Crippen MR) is 106 cm³/mol. The van der Waals surface area contributed by atoms with Gasteiger partial charge in [0.25, 0.3) is 0 Å². The van der Waals surface area contributed by atoms with Gasteiger partial charge in [-0.3, -0.25) is 4.90 Å². The van der Waals surface area contributed by atoms with Crippen LogP contribution in [0.3, 0.4) is 0 Å². The molecule has 2 aromatic rings. The van der Waals surface area contributed by atoms with Crippen LogP contribution in [-0.2, 0) is 23.1 Å². The van der Waals surface area contributed by atoms with E-state index in [1.54, 1.807) is 12.1 Å². The van der Waals surface area contributed by atoms with Crippen molar-refractivity contribution < 1.29 is 8.42 Å². The minimum Gasteiger partial charge on any atom is -0.299 e. The van der Waals surface area contributed by atoms with Crippen LogP contribution < -0.4 is 4.72 Å². The molecule has 1 heterocycles. The molecule has 1 aliphatic rings. The van der Waals surface area contributed by atoms with Crippen LogP contribution in [0.15, 0.2) is 53.4 Å². The molecule has 5 heteroatoms. The number of nitrogens with one attached hydrogen (secondary N) is 1. The van der Waals surface area contributed by atoms with Crippen LogP contribution in [0.25, 0.3) is 0 Å². The molecule has 0 unspecified atom stereocenters. The Kier molecular flexibility index (Phi) is 6.12. The number of hydrogen-bond donors (Lipinski definition) is 1. The molecule has 140 valence electrons. The van der Waals surface area contributed by atoms with Crippen LogP contribution in [0, 0.1) is 0 Å². The summed E-state index contributed by atoms with van der Waals surface area (Å²) >= 11 is 0. The molecular weight excluding hydrogens is 344 g/mol. The number of hydrogen-bond acceptors (Lipinski definition) is 3. The van der Waals surface area contributed by atoms with Gasteiger partial charge in [-0.1, -0.05) is 50.2 Å². The Hall–Kier alpha value is -1.69. The third-order valence-electron chi connectivity index (χ3n) is 4.95. The highest BCUT2D eigenvalue weighted by atomic mass is 32.2. The van der Waals surface area contributed by atoms with Crippen LogP contribution in [0.1, 0.15) is 49.3 Å². The van der Waals surface area contributed by atoms with E-state index in [0.717, 1.165) is 17.7 Å². The zero-order valence-corrected chi connectivity index (χ0v) is 16.4. The molecule has 0 atom stereocenters. The number of benzene rings is 2. The maximum absolute atomic E-state index is 12.5. The lowest BCUT2D eigenvalue weighted by molar-refractivity contribution is 0.331. The van der Waals surface area contributed by atoms with E-state index >= 15 is 0 Å². The average molecular weight is 373 g/mol. The van der Waals surface area contributed by atoms with E-state index in [2.05, 4.69) is 35.6 Å². The molecular formula is C21H28N2O2S. The van der Waals surface area contributed by atoms with Crippen molar-refractivity contribution in [1.82, 2.24) is 9.62 Å². The highest BCUT2D eigenvalue weighted by Gasteiger charge is 2.14. The Balaban J connectivity index is 1.58. The molecule has 0 saturated carbocycles. The fraction of sp³-hybridized carbons (Fsp3) is 0.429. The highest BCUT2D eigenvalue weighted by molar-refractivity contribution is 7.89. The molecule has 26 heavy (non-hydrogen) atoms. The SMILES string of the molecule is CC(C)c1ccc(S(=O)(=O)NCc2ccc(CN3CCCC3)cc2)cc1. The van der Waals surface area contributed by atoms with E-state index in [4.69, 9.17) is 0 Å². The number of likely N-dealkylation sites (tertiary alicyclic amines) is 1. The summed E-state index contributed by atoms with van der Waals surface area (Å²) < 4.78 is 27.6. The van der Waals surface area contributed by atoms with Gasteiger partial charge in [-0.15, -0.1) is 0 Å². The second kappa shape index (κ2) is 8.33. The molecule has 2 aromatic carbocycles. The van der Waals surface area contributed by atoms with E-state index < -0.39 is 10.0 Å². The van der Waals surface area contributed by atoms with Crippen molar-refractivity contribution in [2.45, 2.75) is 50.6 Å². The van der Waals surface area contributed by atoms with Crippen molar-refractivity contribution in [3.63, 3.8) is 0 Å². The van der Waals surface area contributed by atoms with Gasteiger partial charge < -0.3 is 0 Å². The molecule has 0 amide bonds. The van der Waals surface area contributed by atoms with Crippen molar-refractivity contribution >= 4 is 10.0 Å². The monoisotopic (exact) mass is 372 g/mol. The molecule has 0 bridgehead atoms. The maximum atomic E-state index is 12.5. The summed E-state index contributed by atoms with van der Waals surface area (Å²) in [6, 6.07) is 15.3. The first-order valence-corrected chi connectivity index (χ1v) is 10.8. The van der Waals surface area contributed by atoms with Crippen molar-refractivity contribution in [2.24, 2.45) is 0 Å². The zero-order valence-electron chi connectivity index (χ0n) is 15.6. The van der Waals surface area contributed by atoms with Gasteiger partial charge in [0.15, 0.2) is 0 Å². The van der Waals surface area contributed by atoms with Crippen LogP contribution in [-0.4, -0.2) is 26.4 Å². The number of rotatable bonds is 7. The third-order valence-corrected chi connectivity index (χ3v) is 6.37. The first-order valence-electron chi connectivity index (χ1n) is 9.34. The van der Waals surface area contributed by atoms with Gasteiger partial charge in [0, 0.05) is 13.1 Å². The standard InChI is InChI=1S/C21H28N2O2S/c1-17(2)20-9-11-21(12-10-20)26(24,25)22-15-18-5-7-19(8-6-18)16-23-13-3-4-14-23/h5-12,17,22H,3-4,13-16H2,1-2H3. The summed E-state index contributed by atoms with van der Waals surface area (Å²) in [7, 11) is -3.49. The Bertz CT molecular complexity index is 806. The van der Waals surface area contributed by atoms with Crippen molar-refractivity contribution in [2.75, 3.05) is 13.1 Å². The first kappa shape index (κ1) is 19.1. The van der Waals surface area contributed by atoms with Crippen molar-refractivity contribution in [3.05, 3.63) is 65.2 Å². The second-order valence-electron chi connectivity index (χ2n) is 7.35. The maximum Gasteiger partial charge on any atom is 0.240 e. The lowest BCUT2D eigenvalue weighted by Gasteiger charge is -2.14. The highest BCUT2D eigenvalue weighted by Crippen LogP contribution is 2.18. The molecule has 1 saturated heterocycles. The quantitative estimate of drug-likeness (QED) is 0.802. The third kappa shape index (κ3) is 4.93. The van der Waals surface area contributed by atoms with E-state index in [1.165, 1.54) is 31.5 Å². The normalized spacial score (nSPS) is 15.7. The fourth-order valence-corrected chi connectivity index (χ4v) is 4.27. The molecule has 1 aliphatic heterocycles. The van der Waals surface area contributed by atoms with E-state index in [1.807, 2.05) is 24.3 Å². The summed E-state index contributed by atoms with van der Waals surface area (Å²) in [6.45, 7) is 7.82. The van der Waals surface area contributed by atoms with E-state index in [0.29, 0.717) is 17.4 Å². The molecule has 0 aromatic heterocycles. The van der Waals surface area contributed by atoms with Gasteiger partial charge in [0.1, 0.15) is 0 Å². The summed E-state index contributed by atoms with van der Waals surface area (Å²) in [4.78, 5) is 2.77. The Morgan fingerprint density at radius 3 is 2.08 bits per heavy atom. The van der Waals surface area contributed by atoms with Gasteiger partial charge in [-0.2, -0.15) is 0 Å². The van der Waals surface area contributed by atoms with Gasteiger partial charge in [0.2, 0.25) is 10.0 Å². The van der Waals surface area contributed by atoms with Gasteiger partial charge in [0.05, 0.1) is 4.90 Å². The zero-order chi connectivity index (χ0) is 18.6. The average Bonchev–Trinajstić information content (AvgIpc) is 3.14. The van der Waals surface area contributed by atoms with Crippen LogP contribution >= 0.6 is 0 Å². The molecule has 0 aliphatic carbocycles. The molecule has 0 spiro atoms. The molecule has 0 radical (unpaired) electrons. The minimum atomic E-state index is -3.49. The predicted octanol–water partition coefficient (Wildman–Crippen LogP) is 3.88. The molecule has 1 fully saturated rings. The number of sulfonamides is 1. The van der Waals surface area contributed by atoms with E-state index in [-0.39, 0.29) is 0 Å². The summed E-state index contributed by atoms with van der Waals surface area (Å²) in [5.41, 5.74) is 3.39. The topological polar surface area (TPSA) is 49.4 Å². The smallest absolute Gasteiger partial charge is 0.240 e. The Morgan fingerprint density at radius 2 is 1.50 bits per heavy atom. The molecule has 3 rings (SSSR count). The molecule has 1 N–H and O–H groups in total. The van der Waals surface area contributed by atoms with Crippen LogP contribution in [0.4, 0.5) is 0 Å².